The summed E-state index contributed by atoms with van der Waals surface area (Å²) in [6.45, 7) is 4.04. The van der Waals surface area contributed by atoms with E-state index in [0.717, 1.165) is 43.2 Å². The molecule has 1 saturated heterocycles. The zero-order valence-corrected chi connectivity index (χ0v) is 10.0. The minimum absolute atomic E-state index is 0.786. The maximum Gasteiger partial charge on any atom is 0.183 e. The predicted octanol–water partition coefficient (Wildman–Crippen LogP) is -0.490. The molecule has 2 aromatic heterocycles. The number of aryl methyl sites for hydroxylation is 1. The van der Waals surface area contributed by atoms with Crippen molar-refractivity contribution in [1.82, 2.24) is 29.9 Å². The minimum Gasteiger partial charge on any atom is -0.352 e. The van der Waals surface area contributed by atoms with Gasteiger partial charge in [0.1, 0.15) is 6.33 Å². The summed E-state index contributed by atoms with van der Waals surface area (Å²) in [5.74, 6) is 0.899. The van der Waals surface area contributed by atoms with Gasteiger partial charge in [-0.2, -0.15) is 0 Å². The van der Waals surface area contributed by atoms with Crippen molar-refractivity contribution >= 4 is 17.0 Å². The van der Waals surface area contributed by atoms with Crippen molar-refractivity contribution in [2.75, 3.05) is 38.1 Å². The second kappa shape index (κ2) is 3.92. The van der Waals surface area contributed by atoms with Gasteiger partial charge in [0, 0.05) is 33.2 Å². The molecule has 0 spiro atoms. The second-order valence-electron chi connectivity index (χ2n) is 4.37. The largest absolute Gasteiger partial charge is 0.352 e. The van der Waals surface area contributed by atoms with Crippen molar-refractivity contribution in [3.8, 4) is 0 Å². The third-order valence-electron chi connectivity index (χ3n) is 3.17. The summed E-state index contributed by atoms with van der Waals surface area (Å²) in [4.78, 5) is 13.1. The molecule has 0 unspecified atom stereocenters. The summed E-state index contributed by atoms with van der Waals surface area (Å²) < 4.78 is 1.68. The topological polar surface area (TPSA) is 63.0 Å². The van der Waals surface area contributed by atoms with Crippen LogP contribution in [-0.4, -0.2) is 63.1 Å². The molecule has 7 heteroatoms. The molecular weight excluding hydrogens is 218 g/mol. The molecule has 0 aliphatic carbocycles. The van der Waals surface area contributed by atoms with Gasteiger partial charge in [-0.1, -0.05) is 5.21 Å². The Hall–Kier alpha value is -1.76. The van der Waals surface area contributed by atoms with Crippen molar-refractivity contribution in [3.05, 3.63) is 6.33 Å². The number of hydrogen-bond acceptors (Lipinski definition) is 6. The fourth-order valence-electron chi connectivity index (χ4n) is 2.09. The van der Waals surface area contributed by atoms with Crippen molar-refractivity contribution in [3.63, 3.8) is 0 Å². The van der Waals surface area contributed by atoms with Crippen LogP contribution in [0.2, 0.25) is 0 Å². The van der Waals surface area contributed by atoms with Gasteiger partial charge < -0.3 is 9.80 Å². The predicted molar refractivity (Wildman–Crippen MR) is 63.8 cm³/mol. The average molecular weight is 233 g/mol. The number of hydrogen-bond donors (Lipinski definition) is 0. The molecule has 0 aromatic carbocycles. The van der Waals surface area contributed by atoms with Crippen LogP contribution >= 0.6 is 0 Å². The van der Waals surface area contributed by atoms with Crippen LogP contribution in [0.25, 0.3) is 11.2 Å². The molecule has 1 aliphatic heterocycles. The summed E-state index contributed by atoms with van der Waals surface area (Å²) in [6, 6.07) is 0. The average Bonchev–Trinajstić information content (AvgIpc) is 2.73. The highest BCUT2D eigenvalue weighted by atomic mass is 15.4. The lowest BCUT2D eigenvalue weighted by atomic mass is 10.3. The summed E-state index contributed by atoms with van der Waals surface area (Å²) in [7, 11) is 3.98. The normalized spacial score (nSPS) is 17.9. The molecule has 2 aromatic rings. The van der Waals surface area contributed by atoms with E-state index in [9.17, 15) is 0 Å². The molecule has 3 rings (SSSR count). The molecule has 0 radical (unpaired) electrons. The third-order valence-corrected chi connectivity index (χ3v) is 3.17. The van der Waals surface area contributed by atoms with Crippen molar-refractivity contribution in [2.45, 2.75) is 0 Å². The number of rotatable bonds is 1. The molecule has 90 valence electrons. The Morgan fingerprint density at radius 1 is 1.06 bits per heavy atom. The molecule has 0 atom stereocenters. The standard InChI is InChI=1S/C10H15N7/c1-15-3-5-17(6-4-15)10-8-9(11-7-12-10)16(2)14-13-8/h7H,3-6H2,1-2H3. The molecule has 7 nitrogen and oxygen atoms in total. The number of anilines is 1. The maximum atomic E-state index is 4.35. The first-order valence-electron chi connectivity index (χ1n) is 5.69. The van der Waals surface area contributed by atoms with E-state index in [-0.39, 0.29) is 0 Å². The highest BCUT2D eigenvalue weighted by molar-refractivity contribution is 5.82. The van der Waals surface area contributed by atoms with Crippen LogP contribution in [0.3, 0.4) is 0 Å². The molecule has 3 heterocycles. The maximum absolute atomic E-state index is 4.35. The fourth-order valence-corrected chi connectivity index (χ4v) is 2.09. The zero-order chi connectivity index (χ0) is 11.8. The number of likely N-dealkylation sites (N-methyl/N-ethyl adjacent to an activating group) is 1. The summed E-state index contributed by atoms with van der Waals surface area (Å²) in [5, 5.41) is 8.14. The molecule has 17 heavy (non-hydrogen) atoms. The Balaban J connectivity index is 2.00. The number of aromatic nitrogens is 5. The smallest absolute Gasteiger partial charge is 0.183 e. The van der Waals surface area contributed by atoms with Gasteiger partial charge in [-0.15, -0.1) is 5.10 Å². The molecule has 0 N–H and O–H groups in total. The van der Waals surface area contributed by atoms with Crippen LogP contribution in [0.1, 0.15) is 0 Å². The van der Waals surface area contributed by atoms with Crippen molar-refractivity contribution < 1.29 is 0 Å². The molecule has 0 bridgehead atoms. The van der Waals surface area contributed by atoms with Crippen LogP contribution in [0.15, 0.2) is 6.33 Å². The molecule has 1 fully saturated rings. The van der Waals surface area contributed by atoms with Gasteiger partial charge in [0.15, 0.2) is 17.0 Å². The molecule has 1 aliphatic rings. The number of piperazine rings is 1. The van der Waals surface area contributed by atoms with E-state index in [1.807, 2.05) is 7.05 Å². The molecular formula is C10H15N7. The second-order valence-corrected chi connectivity index (χ2v) is 4.37. The molecule has 0 saturated carbocycles. The Labute approximate surface area is 99.1 Å². The van der Waals surface area contributed by atoms with E-state index in [2.05, 4.69) is 37.1 Å². The van der Waals surface area contributed by atoms with Crippen LogP contribution in [0.4, 0.5) is 5.82 Å². The van der Waals surface area contributed by atoms with Gasteiger partial charge in [-0.05, 0) is 7.05 Å². The fraction of sp³-hybridized carbons (Fsp3) is 0.600. The Morgan fingerprint density at radius 3 is 2.59 bits per heavy atom. The highest BCUT2D eigenvalue weighted by Gasteiger charge is 2.19. The van der Waals surface area contributed by atoms with Gasteiger partial charge in [-0.25, -0.2) is 14.6 Å². The quantitative estimate of drug-likeness (QED) is 0.662. The van der Waals surface area contributed by atoms with E-state index < -0.39 is 0 Å². The van der Waals surface area contributed by atoms with Crippen molar-refractivity contribution in [1.29, 1.82) is 0 Å². The van der Waals surface area contributed by atoms with Crippen molar-refractivity contribution in [2.24, 2.45) is 7.05 Å². The monoisotopic (exact) mass is 233 g/mol. The van der Waals surface area contributed by atoms with E-state index in [4.69, 9.17) is 0 Å². The van der Waals surface area contributed by atoms with Crippen LogP contribution < -0.4 is 4.90 Å². The molecule has 0 amide bonds. The number of fused-ring (bicyclic) bond motifs is 1. The van der Waals surface area contributed by atoms with Gasteiger partial charge in [-0.3, -0.25) is 0 Å². The van der Waals surface area contributed by atoms with Crippen LogP contribution in [0, 0.1) is 0 Å². The van der Waals surface area contributed by atoms with Gasteiger partial charge in [0.05, 0.1) is 0 Å². The van der Waals surface area contributed by atoms with E-state index in [1.165, 1.54) is 0 Å². The first kappa shape index (κ1) is 10.4. The van der Waals surface area contributed by atoms with Gasteiger partial charge in [0.2, 0.25) is 0 Å². The minimum atomic E-state index is 0.786. The Kier molecular flexibility index (Phi) is 2.40. The Bertz CT molecular complexity index is 526. The SMILES string of the molecule is CN1CCN(c2ncnc3c2nnn3C)CC1. The van der Waals surface area contributed by atoms with E-state index in [1.54, 1.807) is 11.0 Å². The summed E-state index contributed by atoms with van der Waals surface area (Å²) in [6.07, 6.45) is 1.58. The lowest BCUT2D eigenvalue weighted by Crippen LogP contribution is -2.44. The Morgan fingerprint density at radius 2 is 1.82 bits per heavy atom. The zero-order valence-electron chi connectivity index (χ0n) is 10.0. The first-order chi connectivity index (χ1) is 8.25. The summed E-state index contributed by atoms with van der Waals surface area (Å²) in [5.41, 5.74) is 1.58. The van der Waals surface area contributed by atoms with Gasteiger partial charge in [0.25, 0.3) is 0 Å². The van der Waals surface area contributed by atoms with E-state index in [0.29, 0.717) is 0 Å². The van der Waals surface area contributed by atoms with Gasteiger partial charge >= 0.3 is 0 Å². The summed E-state index contributed by atoms with van der Waals surface area (Å²) >= 11 is 0. The lowest BCUT2D eigenvalue weighted by Gasteiger charge is -2.32. The van der Waals surface area contributed by atoms with Crippen LogP contribution in [0.5, 0.6) is 0 Å². The van der Waals surface area contributed by atoms with Crippen LogP contribution in [-0.2, 0) is 7.05 Å². The number of nitrogens with zero attached hydrogens (tertiary/aromatic N) is 7. The van der Waals surface area contributed by atoms with E-state index >= 15 is 0 Å². The lowest BCUT2D eigenvalue weighted by molar-refractivity contribution is 0.312. The first-order valence-corrected chi connectivity index (χ1v) is 5.69. The third kappa shape index (κ3) is 1.72. The highest BCUT2D eigenvalue weighted by Crippen LogP contribution is 2.20.